The molecule has 1 N–H and O–H groups in total. The van der Waals surface area contributed by atoms with Gasteiger partial charge in [0.25, 0.3) is 0 Å². The first-order valence-electron chi connectivity index (χ1n) is 10.7. The number of fused-ring (bicyclic) bond motifs is 1. The molecule has 2 aliphatic rings. The maximum Gasteiger partial charge on any atom is 0.495 e. The van der Waals surface area contributed by atoms with E-state index in [4.69, 9.17) is 9.31 Å². The monoisotopic (exact) mass is 461 g/mol. The lowest BCUT2D eigenvalue weighted by Crippen LogP contribution is -2.42. The summed E-state index contributed by atoms with van der Waals surface area (Å²) in [7, 11) is -0.689. The molecule has 2 aromatic heterocycles. The van der Waals surface area contributed by atoms with Crippen molar-refractivity contribution in [3.8, 4) is 5.88 Å². The maximum absolute atomic E-state index is 12.5. The van der Waals surface area contributed by atoms with Crippen molar-refractivity contribution in [2.75, 3.05) is 6.54 Å². The predicted molar refractivity (Wildman–Crippen MR) is 116 cm³/mol. The van der Waals surface area contributed by atoms with Crippen LogP contribution in [0.1, 0.15) is 55.0 Å². The highest BCUT2D eigenvalue weighted by Gasteiger charge is 2.52. The van der Waals surface area contributed by atoms with E-state index in [1.807, 2.05) is 27.7 Å². The number of rotatable bonds is 6. The SMILES string of the molecule is CC1(C)OB(c2cc(C(=O)O)nc3c2CCN(Cc2ccnc(OC(F)F)c2)C3)OC1(C)C. The summed E-state index contributed by atoms with van der Waals surface area (Å²) < 4.78 is 41.7. The molecule has 0 atom stereocenters. The van der Waals surface area contributed by atoms with Gasteiger partial charge in [-0.1, -0.05) is 0 Å². The number of carbonyl (C=O) groups is 1. The molecular weight excluding hydrogens is 435 g/mol. The van der Waals surface area contributed by atoms with Gasteiger partial charge in [0.2, 0.25) is 5.88 Å². The number of nitrogens with zero attached hydrogens (tertiary/aromatic N) is 3. The zero-order valence-corrected chi connectivity index (χ0v) is 19.0. The van der Waals surface area contributed by atoms with Crippen LogP contribution in [0, 0.1) is 0 Å². The number of carboxylic acids is 1. The van der Waals surface area contributed by atoms with E-state index < -0.39 is 30.9 Å². The lowest BCUT2D eigenvalue weighted by atomic mass is 9.74. The highest BCUT2D eigenvalue weighted by molar-refractivity contribution is 6.62. The smallest absolute Gasteiger partial charge is 0.477 e. The standard InChI is InChI=1S/C22H26BF2N3O5/c1-21(2)22(3,4)33-23(32-21)15-10-16(19(29)30)27-17-12-28(8-6-14(15)17)11-13-5-7-26-18(9-13)31-20(24)25/h5,7,9-10,20H,6,8,11-12H2,1-4H3,(H,29,30). The number of hydrogen-bond acceptors (Lipinski definition) is 7. The second-order valence-corrected chi connectivity index (χ2v) is 9.26. The summed E-state index contributed by atoms with van der Waals surface area (Å²) in [6.45, 7) is 6.36. The van der Waals surface area contributed by atoms with Crippen molar-refractivity contribution in [1.29, 1.82) is 0 Å². The molecule has 0 spiro atoms. The van der Waals surface area contributed by atoms with Crippen LogP contribution < -0.4 is 10.2 Å². The van der Waals surface area contributed by atoms with Crippen LogP contribution in [-0.4, -0.2) is 57.4 Å². The molecule has 0 amide bonds. The molecule has 0 aromatic carbocycles. The fourth-order valence-electron chi connectivity index (χ4n) is 4.01. The average Bonchev–Trinajstić information content (AvgIpc) is 2.93. The molecule has 0 bridgehead atoms. The van der Waals surface area contributed by atoms with Crippen LogP contribution in [0.4, 0.5) is 8.78 Å². The minimum atomic E-state index is -2.94. The number of ether oxygens (including phenoxy) is 1. The third kappa shape index (κ3) is 4.85. The molecule has 4 heterocycles. The summed E-state index contributed by atoms with van der Waals surface area (Å²) in [6.07, 6.45) is 2.04. The third-order valence-corrected chi connectivity index (χ3v) is 6.44. The Hall–Kier alpha value is -2.63. The summed E-state index contributed by atoms with van der Waals surface area (Å²) in [4.78, 5) is 22.0. The largest absolute Gasteiger partial charge is 0.495 e. The molecule has 33 heavy (non-hydrogen) atoms. The summed E-state index contributed by atoms with van der Waals surface area (Å²) in [5, 5.41) is 9.62. The van der Waals surface area contributed by atoms with Crippen molar-refractivity contribution >= 4 is 18.6 Å². The lowest BCUT2D eigenvalue weighted by Gasteiger charge is -2.32. The fraction of sp³-hybridized carbons (Fsp3) is 0.500. The Balaban J connectivity index is 1.60. The van der Waals surface area contributed by atoms with Crippen LogP contribution in [0.5, 0.6) is 5.88 Å². The second-order valence-electron chi connectivity index (χ2n) is 9.26. The number of halogens is 2. The van der Waals surface area contributed by atoms with Crippen LogP contribution >= 0.6 is 0 Å². The Bertz CT molecular complexity index is 1050. The van der Waals surface area contributed by atoms with Crippen molar-refractivity contribution in [3.63, 3.8) is 0 Å². The van der Waals surface area contributed by atoms with Crippen molar-refractivity contribution in [2.24, 2.45) is 0 Å². The second kappa shape index (κ2) is 8.62. The Kier molecular flexibility index (Phi) is 6.15. The van der Waals surface area contributed by atoms with Crippen molar-refractivity contribution in [2.45, 2.75) is 65.0 Å². The van der Waals surface area contributed by atoms with Gasteiger partial charge in [0.15, 0.2) is 0 Å². The van der Waals surface area contributed by atoms with E-state index in [1.165, 1.54) is 18.3 Å². The number of carboxylic acid groups (broad SMARTS) is 1. The van der Waals surface area contributed by atoms with Crippen LogP contribution in [0.2, 0.25) is 0 Å². The van der Waals surface area contributed by atoms with Crippen LogP contribution in [-0.2, 0) is 28.8 Å². The Morgan fingerprint density at radius 1 is 1.27 bits per heavy atom. The molecule has 176 valence electrons. The minimum absolute atomic E-state index is 0.0724. The van der Waals surface area contributed by atoms with Crippen LogP contribution in [0.3, 0.4) is 0 Å². The zero-order chi connectivity index (χ0) is 24.0. The van der Waals surface area contributed by atoms with Gasteiger partial charge in [-0.05, 0) is 62.8 Å². The normalized spacial score (nSPS) is 19.5. The van der Waals surface area contributed by atoms with Crippen molar-refractivity contribution in [1.82, 2.24) is 14.9 Å². The first-order valence-corrected chi connectivity index (χ1v) is 10.7. The summed E-state index contributed by atoms with van der Waals surface area (Å²) in [6, 6.07) is 4.74. The summed E-state index contributed by atoms with van der Waals surface area (Å²) in [5.41, 5.74) is 1.82. The van der Waals surface area contributed by atoms with Gasteiger partial charge in [-0.2, -0.15) is 8.78 Å². The van der Waals surface area contributed by atoms with E-state index in [0.717, 1.165) is 11.1 Å². The number of aromatic nitrogens is 2. The first-order chi connectivity index (χ1) is 15.4. The van der Waals surface area contributed by atoms with Gasteiger partial charge in [-0.15, -0.1) is 0 Å². The summed E-state index contributed by atoms with van der Waals surface area (Å²) >= 11 is 0. The Labute approximate surface area is 191 Å². The molecule has 0 aliphatic carbocycles. The van der Waals surface area contributed by atoms with Gasteiger partial charge >= 0.3 is 19.7 Å². The van der Waals surface area contributed by atoms with Gasteiger partial charge < -0.3 is 19.2 Å². The van der Waals surface area contributed by atoms with Crippen molar-refractivity contribution < 1.29 is 32.7 Å². The van der Waals surface area contributed by atoms with E-state index in [1.54, 1.807) is 6.07 Å². The molecule has 1 fully saturated rings. The molecule has 0 unspecified atom stereocenters. The minimum Gasteiger partial charge on any atom is -0.477 e. The quantitative estimate of drug-likeness (QED) is 0.657. The maximum atomic E-state index is 12.5. The Morgan fingerprint density at radius 3 is 2.61 bits per heavy atom. The third-order valence-electron chi connectivity index (χ3n) is 6.44. The van der Waals surface area contributed by atoms with E-state index in [9.17, 15) is 18.7 Å². The van der Waals surface area contributed by atoms with Crippen LogP contribution in [0.25, 0.3) is 0 Å². The number of hydrogen-bond donors (Lipinski definition) is 1. The molecule has 2 aliphatic heterocycles. The van der Waals surface area contributed by atoms with Gasteiger partial charge in [-0.3, -0.25) is 4.90 Å². The van der Waals surface area contributed by atoms with Gasteiger partial charge in [0.05, 0.1) is 16.9 Å². The number of aromatic carboxylic acids is 1. The molecule has 2 aromatic rings. The van der Waals surface area contributed by atoms with Gasteiger partial charge in [-0.25, -0.2) is 14.8 Å². The van der Waals surface area contributed by atoms with Crippen LogP contribution in [0.15, 0.2) is 24.4 Å². The lowest BCUT2D eigenvalue weighted by molar-refractivity contribution is -0.0529. The topological polar surface area (TPSA) is 94.0 Å². The predicted octanol–water partition coefficient (Wildman–Crippen LogP) is 2.63. The molecule has 11 heteroatoms. The number of alkyl halides is 2. The van der Waals surface area contributed by atoms with E-state index >= 15 is 0 Å². The molecule has 4 rings (SSSR count). The van der Waals surface area contributed by atoms with Crippen molar-refractivity contribution in [3.05, 3.63) is 46.9 Å². The molecule has 0 saturated carbocycles. The van der Waals surface area contributed by atoms with Gasteiger partial charge in [0, 0.05) is 31.9 Å². The molecule has 1 saturated heterocycles. The van der Waals surface area contributed by atoms with E-state index in [-0.39, 0.29) is 11.6 Å². The molecular formula is C22H26BF2N3O5. The van der Waals surface area contributed by atoms with Gasteiger partial charge in [0.1, 0.15) is 5.69 Å². The highest BCUT2D eigenvalue weighted by Crippen LogP contribution is 2.37. The van der Waals surface area contributed by atoms with E-state index in [2.05, 4.69) is 19.6 Å². The zero-order valence-electron chi connectivity index (χ0n) is 19.0. The Morgan fingerprint density at radius 2 is 1.97 bits per heavy atom. The fourth-order valence-corrected chi connectivity index (χ4v) is 4.01. The number of pyridine rings is 2. The average molecular weight is 461 g/mol. The molecule has 0 radical (unpaired) electrons. The molecule has 8 nitrogen and oxygen atoms in total. The summed E-state index contributed by atoms with van der Waals surface area (Å²) in [5.74, 6) is -1.27. The van der Waals surface area contributed by atoms with E-state index in [0.29, 0.717) is 37.2 Å². The first kappa shape index (κ1) is 23.5. The highest BCUT2D eigenvalue weighted by atomic mass is 19.3.